The summed E-state index contributed by atoms with van der Waals surface area (Å²) in [5.41, 5.74) is -0.302. The standard InChI is InChI=1S/C18H15ClN3O4PS2/c1-20-18-22-13-7-10(3-5-15(13)29-18)21-17(23)16(27(24,25)26)12-8-28-14-4-2-9(19)6-11(12)14/h2-8,16H,1H3,(H,20,22)(H,21,23)(H2,24,25,26). The number of carbonyl (C=O) groups excluding carboxylic acids is 1. The smallest absolute Gasteiger partial charge is 0.342 e. The summed E-state index contributed by atoms with van der Waals surface area (Å²) < 4.78 is 13.9. The van der Waals surface area contributed by atoms with Gasteiger partial charge in [0.15, 0.2) is 10.8 Å². The van der Waals surface area contributed by atoms with Crippen molar-refractivity contribution in [3.05, 3.63) is 52.4 Å². The third-order valence-corrected chi connectivity index (χ3v) is 7.77. The van der Waals surface area contributed by atoms with Gasteiger partial charge in [-0.05, 0) is 52.7 Å². The predicted molar refractivity (Wildman–Crippen MR) is 119 cm³/mol. The molecule has 4 rings (SSSR count). The summed E-state index contributed by atoms with van der Waals surface area (Å²) in [5, 5.41) is 8.89. The fourth-order valence-electron chi connectivity index (χ4n) is 3.03. The first kappa shape index (κ1) is 20.3. The fraction of sp³-hybridized carbons (Fsp3) is 0.111. The van der Waals surface area contributed by atoms with Crippen LogP contribution < -0.4 is 10.6 Å². The van der Waals surface area contributed by atoms with Crippen molar-refractivity contribution >= 4 is 78.9 Å². The van der Waals surface area contributed by atoms with E-state index in [0.29, 0.717) is 21.6 Å². The number of amides is 1. The van der Waals surface area contributed by atoms with Gasteiger partial charge in [-0.15, -0.1) is 11.3 Å². The van der Waals surface area contributed by atoms with E-state index in [1.54, 1.807) is 48.8 Å². The Morgan fingerprint density at radius 2 is 1.97 bits per heavy atom. The lowest BCUT2D eigenvalue weighted by atomic mass is 10.1. The van der Waals surface area contributed by atoms with Gasteiger partial charge in [-0.3, -0.25) is 9.36 Å². The van der Waals surface area contributed by atoms with Crippen molar-refractivity contribution in [3.63, 3.8) is 0 Å². The highest BCUT2D eigenvalue weighted by atomic mass is 35.5. The third-order valence-electron chi connectivity index (χ3n) is 4.31. The van der Waals surface area contributed by atoms with E-state index in [0.717, 1.165) is 14.5 Å². The van der Waals surface area contributed by atoms with E-state index >= 15 is 0 Å². The molecule has 4 aromatic rings. The zero-order valence-corrected chi connectivity index (χ0v) is 18.2. The number of halogens is 1. The number of hydrogen-bond donors (Lipinski definition) is 4. The molecule has 2 aromatic heterocycles. The van der Waals surface area contributed by atoms with E-state index in [9.17, 15) is 19.1 Å². The van der Waals surface area contributed by atoms with Gasteiger partial charge in [-0.2, -0.15) is 0 Å². The predicted octanol–water partition coefficient (Wildman–Crippen LogP) is 5.06. The van der Waals surface area contributed by atoms with Crippen LogP contribution in [0.15, 0.2) is 41.8 Å². The molecule has 0 spiro atoms. The van der Waals surface area contributed by atoms with Gasteiger partial charge in [0.05, 0.1) is 10.2 Å². The largest absolute Gasteiger partial charge is 0.365 e. The van der Waals surface area contributed by atoms with Gasteiger partial charge < -0.3 is 20.4 Å². The molecule has 1 amide bonds. The van der Waals surface area contributed by atoms with Crippen molar-refractivity contribution in [2.24, 2.45) is 0 Å². The molecular formula is C18H15ClN3O4PS2. The van der Waals surface area contributed by atoms with Gasteiger partial charge in [0.2, 0.25) is 5.91 Å². The lowest BCUT2D eigenvalue weighted by Gasteiger charge is -2.18. The molecular weight excluding hydrogens is 453 g/mol. The topological polar surface area (TPSA) is 112 Å². The summed E-state index contributed by atoms with van der Waals surface area (Å²) >= 11 is 8.81. The number of rotatable bonds is 5. The highest BCUT2D eigenvalue weighted by Crippen LogP contribution is 2.54. The Kier molecular flexibility index (Phi) is 5.37. The molecule has 7 nitrogen and oxygen atoms in total. The molecule has 1 atom stereocenters. The second-order valence-electron chi connectivity index (χ2n) is 6.26. The third kappa shape index (κ3) is 4.02. The van der Waals surface area contributed by atoms with Crippen LogP contribution in [-0.2, 0) is 9.36 Å². The van der Waals surface area contributed by atoms with Crippen LogP contribution in [0.3, 0.4) is 0 Å². The van der Waals surface area contributed by atoms with E-state index in [1.807, 2.05) is 0 Å². The number of nitrogens with one attached hydrogen (secondary N) is 2. The first-order valence-electron chi connectivity index (χ1n) is 8.37. The Balaban J connectivity index is 1.71. The summed E-state index contributed by atoms with van der Waals surface area (Å²) in [6.45, 7) is 0. The molecule has 0 aliphatic heterocycles. The van der Waals surface area contributed by atoms with Crippen molar-refractivity contribution < 1.29 is 19.1 Å². The minimum absolute atomic E-state index is 0.255. The quantitative estimate of drug-likeness (QED) is 0.305. The van der Waals surface area contributed by atoms with Crippen molar-refractivity contribution in [1.29, 1.82) is 0 Å². The first-order chi connectivity index (χ1) is 13.8. The lowest BCUT2D eigenvalue weighted by Crippen LogP contribution is -2.21. The van der Waals surface area contributed by atoms with Crippen LogP contribution >= 0.6 is 41.9 Å². The number of aromatic nitrogens is 1. The molecule has 29 heavy (non-hydrogen) atoms. The molecule has 0 bridgehead atoms. The number of thiophene rings is 1. The van der Waals surface area contributed by atoms with E-state index in [2.05, 4.69) is 15.6 Å². The highest BCUT2D eigenvalue weighted by molar-refractivity contribution is 7.53. The van der Waals surface area contributed by atoms with Gasteiger partial charge in [0.1, 0.15) is 0 Å². The van der Waals surface area contributed by atoms with Crippen LogP contribution in [0.25, 0.3) is 20.3 Å². The molecule has 0 saturated carbocycles. The molecule has 2 aromatic carbocycles. The van der Waals surface area contributed by atoms with E-state index in [1.165, 1.54) is 22.7 Å². The molecule has 0 fully saturated rings. The van der Waals surface area contributed by atoms with Gasteiger partial charge in [0, 0.05) is 22.5 Å². The SMILES string of the molecule is CNc1nc2cc(NC(=O)C(c3csc4ccc(Cl)cc34)P(=O)(O)O)ccc2s1. The average molecular weight is 468 g/mol. The Morgan fingerprint density at radius 1 is 1.21 bits per heavy atom. The molecule has 150 valence electrons. The van der Waals surface area contributed by atoms with E-state index in [4.69, 9.17) is 11.6 Å². The maximum atomic E-state index is 12.9. The van der Waals surface area contributed by atoms with Gasteiger partial charge in [-0.1, -0.05) is 22.9 Å². The normalized spacial score (nSPS) is 13.0. The Hall–Kier alpha value is -2.00. The van der Waals surface area contributed by atoms with E-state index < -0.39 is 19.2 Å². The van der Waals surface area contributed by atoms with Crippen molar-refractivity contribution in [2.45, 2.75) is 5.66 Å². The first-order valence-corrected chi connectivity index (χ1v) is 12.1. The van der Waals surface area contributed by atoms with E-state index in [-0.39, 0.29) is 5.56 Å². The highest BCUT2D eigenvalue weighted by Gasteiger charge is 2.39. The van der Waals surface area contributed by atoms with Crippen molar-refractivity contribution in [1.82, 2.24) is 4.98 Å². The molecule has 0 saturated heterocycles. The Labute approximate surface area is 178 Å². The van der Waals surface area contributed by atoms with Gasteiger partial charge in [-0.25, -0.2) is 4.98 Å². The number of thiazole rings is 1. The van der Waals surface area contributed by atoms with Crippen LogP contribution in [0.1, 0.15) is 11.2 Å². The minimum Gasteiger partial charge on any atom is -0.365 e. The number of hydrogen-bond acceptors (Lipinski definition) is 6. The molecule has 0 radical (unpaired) electrons. The number of nitrogens with zero attached hydrogens (tertiary/aromatic N) is 1. The lowest BCUT2D eigenvalue weighted by molar-refractivity contribution is -0.116. The average Bonchev–Trinajstić information content (AvgIpc) is 3.24. The number of benzene rings is 2. The summed E-state index contributed by atoms with van der Waals surface area (Å²) in [7, 11) is -3.03. The number of anilines is 2. The van der Waals surface area contributed by atoms with Gasteiger partial charge >= 0.3 is 7.60 Å². The summed E-state index contributed by atoms with van der Waals surface area (Å²) in [5.74, 6) is -0.790. The molecule has 0 aliphatic carbocycles. The second kappa shape index (κ2) is 7.68. The molecule has 4 N–H and O–H groups in total. The molecule has 11 heteroatoms. The number of fused-ring (bicyclic) bond motifs is 2. The monoisotopic (exact) mass is 467 g/mol. The molecule has 1 unspecified atom stereocenters. The zero-order chi connectivity index (χ0) is 20.8. The maximum Gasteiger partial charge on any atom is 0.342 e. The summed E-state index contributed by atoms with van der Waals surface area (Å²) in [6.07, 6.45) is 0. The second-order valence-corrected chi connectivity index (χ2v) is 10.3. The summed E-state index contributed by atoms with van der Waals surface area (Å²) in [6, 6.07) is 10.2. The number of carbonyl (C=O) groups is 1. The summed E-state index contributed by atoms with van der Waals surface area (Å²) in [4.78, 5) is 37.2. The minimum atomic E-state index is -4.80. The van der Waals surface area contributed by atoms with Crippen LogP contribution in [0.5, 0.6) is 0 Å². The van der Waals surface area contributed by atoms with Crippen molar-refractivity contribution in [3.8, 4) is 0 Å². The Morgan fingerprint density at radius 3 is 2.69 bits per heavy atom. The van der Waals surface area contributed by atoms with Crippen LogP contribution in [-0.4, -0.2) is 27.7 Å². The van der Waals surface area contributed by atoms with Crippen LogP contribution in [0.4, 0.5) is 10.8 Å². The van der Waals surface area contributed by atoms with Gasteiger partial charge in [0.25, 0.3) is 0 Å². The van der Waals surface area contributed by atoms with Crippen LogP contribution in [0, 0.1) is 0 Å². The Bertz CT molecular complexity index is 1280. The van der Waals surface area contributed by atoms with Crippen LogP contribution in [0.2, 0.25) is 5.02 Å². The molecule has 2 heterocycles. The molecule has 0 aliphatic rings. The zero-order valence-electron chi connectivity index (χ0n) is 14.9. The fourth-order valence-corrected chi connectivity index (χ4v) is 6.02. The maximum absolute atomic E-state index is 12.9. The van der Waals surface area contributed by atoms with Crippen molar-refractivity contribution in [2.75, 3.05) is 17.7 Å².